The fraction of sp³-hybridized carbons (Fsp3) is 0.273. The maximum atomic E-state index is 12.9. The number of nitrogens with zero attached hydrogens (tertiary/aromatic N) is 3. The van der Waals surface area contributed by atoms with Gasteiger partial charge in [0.05, 0.1) is 5.75 Å². The number of benzene rings is 1. The minimum absolute atomic E-state index is 0.0568. The lowest BCUT2D eigenvalue weighted by atomic mass is 9.78. The summed E-state index contributed by atoms with van der Waals surface area (Å²) in [4.78, 5) is 3.89. The van der Waals surface area contributed by atoms with Gasteiger partial charge in [-0.2, -0.15) is 5.10 Å². The van der Waals surface area contributed by atoms with Crippen molar-refractivity contribution in [2.45, 2.75) is 13.5 Å². The van der Waals surface area contributed by atoms with Crippen LogP contribution < -0.4 is 10.2 Å². The highest BCUT2D eigenvalue weighted by Crippen LogP contribution is 2.19. The van der Waals surface area contributed by atoms with Crippen LogP contribution in [-0.4, -0.2) is 21.7 Å². The van der Waals surface area contributed by atoms with Gasteiger partial charge >= 0.3 is 6.98 Å². The van der Waals surface area contributed by atoms with E-state index in [0.29, 0.717) is 11.4 Å². The monoisotopic (exact) mass is 270 g/mol. The molecule has 0 aliphatic heterocycles. The summed E-state index contributed by atoms with van der Waals surface area (Å²) in [5, 5.41) is 3.82. The van der Waals surface area contributed by atoms with Crippen LogP contribution in [0.15, 0.2) is 24.5 Å². The molecule has 0 bridgehead atoms. The van der Waals surface area contributed by atoms with E-state index < -0.39 is 12.4 Å². The highest BCUT2D eigenvalue weighted by atomic mass is 19.4. The Balaban J connectivity index is 2.23. The zero-order valence-electron chi connectivity index (χ0n) is 10.5. The molecule has 0 aliphatic carbocycles. The molecule has 0 fully saturated rings. The van der Waals surface area contributed by atoms with E-state index in [0.717, 1.165) is 6.07 Å². The van der Waals surface area contributed by atoms with Crippen molar-refractivity contribution in [3.63, 3.8) is 0 Å². The summed E-state index contributed by atoms with van der Waals surface area (Å²) in [5.41, 5.74) is -0.178. The Bertz CT molecular complexity index is 583. The lowest BCUT2D eigenvalue weighted by molar-refractivity contribution is 0.290. The zero-order chi connectivity index (χ0) is 14.0. The van der Waals surface area contributed by atoms with Crippen molar-refractivity contribution in [3.8, 4) is 5.75 Å². The Labute approximate surface area is 108 Å². The second kappa shape index (κ2) is 4.95. The van der Waals surface area contributed by atoms with Gasteiger partial charge in [-0.1, -0.05) is 23.2 Å². The van der Waals surface area contributed by atoms with E-state index in [-0.39, 0.29) is 12.4 Å². The van der Waals surface area contributed by atoms with Crippen LogP contribution in [0.5, 0.6) is 5.75 Å². The van der Waals surface area contributed by atoms with E-state index in [4.69, 9.17) is 4.74 Å². The summed E-state index contributed by atoms with van der Waals surface area (Å²) in [7, 11) is 1.65. The van der Waals surface area contributed by atoms with Gasteiger partial charge in [0.25, 0.3) is 0 Å². The zero-order valence-corrected chi connectivity index (χ0v) is 10.5. The third-order valence-corrected chi connectivity index (χ3v) is 2.68. The predicted molar refractivity (Wildman–Crippen MR) is 65.2 cm³/mol. The summed E-state index contributed by atoms with van der Waals surface area (Å²) in [6, 6.07) is 4.00. The molecule has 4 nitrogen and oxygen atoms in total. The number of hydrogen-bond donors (Lipinski definition) is 0. The second-order valence-electron chi connectivity index (χ2n) is 4.20. The van der Waals surface area contributed by atoms with Crippen LogP contribution in [0.25, 0.3) is 0 Å². The molecule has 102 valence electrons. The fourth-order valence-electron chi connectivity index (χ4n) is 1.65. The predicted octanol–water partition coefficient (Wildman–Crippen LogP) is 1.76. The van der Waals surface area contributed by atoms with Gasteiger partial charge in [0.2, 0.25) is 0 Å². The van der Waals surface area contributed by atoms with Crippen molar-refractivity contribution in [2.75, 3.05) is 0 Å². The molecule has 0 aliphatic rings. The molecule has 0 spiro atoms. The Morgan fingerprint density at radius 2 is 2.05 bits per heavy atom. The van der Waals surface area contributed by atoms with Crippen LogP contribution in [0.4, 0.5) is 12.9 Å². The molecule has 0 saturated heterocycles. The van der Waals surface area contributed by atoms with E-state index >= 15 is 0 Å². The molecular weight excluding hydrogens is 258 g/mol. The van der Waals surface area contributed by atoms with E-state index in [1.807, 2.05) is 0 Å². The molecule has 2 aromatic rings. The van der Waals surface area contributed by atoms with Gasteiger partial charge in [-0.25, -0.2) is 4.98 Å². The van der Waals surface area contributed by atoms with Crippen LogP contribution in [-0.2, 0) is 13.7 Å². The molecule has 0 unspecified atom stereocenters. The quantitative estimate of drug-likeness (QED) is 0.795. The maximum absolute atomic E-state index is 12.9. The Morgan fingerprint density at radius 3 is 2.63 bits per heavy atom. The number of hydrogen-bond acceptors (Lipinski definition) is 3. The van der Waals surface area contributed by atoms with Gasteiger partial charge in [-0.05, 0) is 13.0 Å². The number of rotatable bonds is 4. The Kier molecular flexibility index (Phi) is 3.50. The van der Waals surface area contributed by atoms with Crippen LogP contribution >= 0.6 is 0 Å². The average molecular weight is 270 g/mol. The lowest BCUT2D eigenvalue weighted by Crippen LogP contribution is -2.35. The van der Waals surface area contributed by atoms with Crippen molar-refractivity contribution < 1.29 is 17.7 Å². The summed E-state index contributed by atoms with van der Waals surface area (Å²) in [5.74, 6) is 0.280. The number of halogens is 3. The highest BCUT2D eigenvalue weighted by molar-refractivity contribution is 6.74. The van der Waals surface area contributed by atoms with Gasteiger partial charge in [-0.15, -0.1) is 0 Å². The molecular formula is C11H12BF3N3O-. The third-order valence-electron chi connectivity index (χ3n) is 2.68. The van der Waals surface area contributed by atoms with Crippen molar-refractivity contribution in [1.29, 1.82) is 0 Å². The first-order valence-corrected chi connectivity index (χ1v) is 5.64. The van der Waals surface area contributed by atoms with E-state index in [2.05, 4.69) is 10.1 Å². The summed E-state index contributed by atoms with van der Waals surface area (Å²) in [6.07, 6.45) is 1.32. The third kappa shape index (κ3) is 3.07. The van der Waals surface area contributed by atoms with Crippen LogP contribution in [0.1, 0.15) is 11.4 Å². The van der Waals surface area contributed by atoms with Crippen molar-refractivity contribution >= 4 is 12.4 Å². The topological polar surface area (TPSA) is 39.9 Å². The normalized spacial score (nSPS) is 11.6. The van der Waals surface area contributed by atoms with E-state index in [1.165, 1.54) is 17.1 Å². The molecule has 0 saturated carbocycles. The number of ether oxygens (including phenoxy) is 1. The van der Waals surface area contributed by atoms with Crippen molar-refractivity contribution in [3.05, 3.63) is 35.9 Å². The highest BCUT2D eigenvalue weighted by Gasteiger charge is 2.29. The first-order valence-electron chi connectivity index (χ1n) is 5.64. The second-order valence-corrected chi connectivity index (χ2v) is 4.20. The smallest absolute Gasteiger partial charge is 0.489 e. The molecule has 0 amide bonds. The number of aromatic nitrogens is 3. The van der Waals surface area contributed by atoms with Crippen LogP contribution in [0.2, 0.25) is 0 Å². The molecule has 0 atom stereocenters. The van der Waals surface area contributed by atoms with Gasteiger partial charge < -0.3 is 17.7 Å². The van der Waals surface area contributed by atoms with Crippen LogP contribution in [0, 0.1) is 6.92 Å². The molecule has 8 heteroatoms. The molecule has 1 heterocycles. The first kappa shape index (κ1) is 13.4. The first-order chi connectivity index (χ1) is 8.88. The molecule has 0 N–H and O–H groups in total. The molecule has 19 heavy (non-hydrogen) atoms. The van der Waals surface area contributed by atoms with Crippen LogP contribution in [0.3, 0.4) is 0 Å². The average Bonchev–Trinajstić information content (AvgIpc) is 2.72. The Morgan fingerprint density at radius 1 is 1.32 bits per heavy atom. The molecule has 1 aromatic heterocycles. The van der Waals surface area contributed by atoms with Gasteiger partial charge in [0.1, 0.15) is 12.9 Å². The Hall–Kier alpha value is -1.99. The van der Waals surface area contributed by atoms with Crippen molar-refractivity contribution in [2.24, 2.45) is 7.05 Å². The summed E-state index contributed by atoms with van der Waals surface area (Å²) < 4.78 is 45.4. The fourth-order valence-corrected chi connectivity index (χ4v) is 1.65. The maximum Gasteiger partial charge on any atom is 0.513 e. The summed E-state index contributed by atoms with van der Waals surface area (Å²) in [6.45, 7) is -3.55. The van der Waals surface area contributed by atoms with Gasteiger partial charge in [0, 0.05) is 7.05 Å². The van der Waals surface area contributed by atoms with Gasteiger partial charge in [-0.3, -0.25) is 4.68 Å². The van der Waals surface area contributed by atoms with Crippen molar-refractivity contribution in [1.82, 2.24) is 14.8 Å². The van der Waals surface area contributed by atoms with E-state index in [9.17, 15) is 12.9 Å². The number of aryl methyl sites for hydroxylation is 2. The minimum atomic E-state index is -5.10. The molecule has 1 aromatic carbocycles. The molecule has 2 rings (SSSR count). The van der Waals surface area contributed by atoms with E-state index in [1.54, 1.807) is 20.0 Å². The lowest BCUT2D eigenvalue weighted by Gasteiger charge is -2.20. The minimum Gasteiger partial charge on any atom is -0.489 e. The standard InChI is InChI=1S/C11H12BF3N3O/c1-8-3-4-10(9(5-8)12(13,14)15)19-6-11-16-7-17-18(11)2/h3-5,7H,6H2,1-2H3/q-1. The summed E-state index contributed by atoms with van der Waals surface area (Å²) >= 11 is 0. The SMILES string of the molecule is Cc1ccc(OCc2ncnn2C)c([B-](F)(F)F)c1. The molecule has 0 radical (unpaired) electrons. The van der Waals surface area contributed by atoms with Gasteiger partial charge in [0.15, 0.2) is 5.82 Å². The largest absolute Gasteiger partial charge is 0.513 e.